The highest BCUT2D eigenvalue weighted by Gasteiger charge is 2.13. The van der Waals surface area contributed by atoms with Crippen LogP contribution in [0.4, 0.5) is 0 Å². The Labute approximate surface area is 139 Å². The van der Waals surface area contributed by atoms with E-state index in [0.717, 1.165) is 27.7 Å². The molecule has 0 aliphatic heterocycles. The van der Waals surface area contributed by atoms with Crippen molar-refractivity contribution in [3.63, 3.8) is 0 Å². The normalized spacial score (nSPS) is 10.9. The first-order chi connectivity index (χ1) is 10.5. The minimum Gasteiger partial charge on any atom is -0.347 e. The Morgan fingerprint density at radius 2 is 1.82 bits per heavy atom. The van der Waals surface area contributed by atoms with Crippen molar-refractivity contribution in [1.82, 2.24) is 4.57 Å². The van der Waals surface area contributed by atoms with E-state index in [1.807, 2.05) is 44.3 Å². The lowest BCUT2D eigenvalue weighted by Gasteiger charge is -2.08. The van der Waals surface area contributed by atoms with Crippen LogP contribution in [0.25, 0.3) is 10.9 Å². The molecule has 0 aliphatic rings. The number of rotatable bonds is 2. The van der Waals surface area contributed by atoms with E-state index in [4.69, 9.17) is 28.5 Å². The molecule has 22 heavy (non-hydrogen) atoms. The van der Waals surface area contributed by atoms with Crippen molar-refractivity contribution in [1.29, 1.82) is 5.26 Å². The fraction of sp³-hybridized carbons (Fsp3) is 0.167. The van der Waals surface area contributed by atoms with Crippen LogP contribution in [-0.4, -0.2) is 4.57 Å². The lowest BCUT2D eigenvalue weighted by molar-refractivity contribution is 0.880. The maximum absolute atomic E-state index is 9.13. The van der Waals surface area contributed by atoms with E-state index in [0.29, 0.717) is 22.0 Å². The molecule has 0 bridgehead atoms. The summed E-state index contributed by atoms with van der Waals surface area (Å²) in [6.45, 7) is 2.02. The Morgan fingerprint density at radius 3 is 2.45 bits per heavy atom. The highest BCUT2D eigenvalue weighted by Crippen LogP contribution is 2.30. The van der Waals surface area contributed by atoms with Gasteiger partial charge in [-0.15, -0.1) is 0 Å². The first kappa shape index (κ1) is 15.0. The Morgan fingerprint density at radius 1 is 1.14 bits per heavy atom. The molecule has 3 rings (SSSR count). The van der Waals surface area contributed by atoms with Gasteiger partial charge in [-0.05, 0) is 48.4 Å². The number of hydrogen-bond donors (Lipinski definition) is 0. The molecule has 0 unspecified atom stereocenters. The lowest BCUT2D eigenvalue weighted by atomic mass is 10.1. The van der Waals surface area contributed by atoms with Crippen LogP contribution in [-0.2, 0) is 13.5 Å². The predicted molar refractivity (Wildman–Crippen MR) is 91.6 cm³/mol. The quantitative estimate of drug-likeness (QED) is 0.631. The van der Waals surface area contributed by atoms with Crippen molar-refractivity contribution in [2.45, 2.75) is 13.3 Å². The van der Waals surface area contributed by atoms with E-state index in [9.17, 15) is 0 Å². The lowest BCUT2D eigenvalue weighted by Crippen LogP contribution is -1.98. The summed E-state index contributed by atoms with van der Waals surface area (Å²) in [6.07, 6.45) is 0.658. The van der Waals surface area contributed by atoms with Crippen molar-refractivity contribution in [2.24, 2.45) is 7.05 Å². The molecule has 1 aromatic heterocycles. The molecule has 2 aromatic carbocycles. The van der Waals surface area contributed by atoms with Crippen molar-refractivity contribution in [3.8, 4) is 6.07 Å². The van der Waals surface area contributed by atoms with Gasteiger partial charge in [-0.1, -0.05) is 29.3 Å². The molecule has 0 aliphatic carbocycles. The van der Waals surface area contributed by atoms with Gasteiger partial charge in [0.1, 0.15) is 0 Å². The van der Waals surface area contributed by atoms with E-state index < -0.39 is 0 Å². The zero-order valence-electron chi connectivity index (χ0n) is 12.3. The number of halogens is 2. The van der Waals surface area contributed by atoms with Crippen molar-refractivity contribution in [2.75, 3.05) is 0 Å². The van der Waals surface area contributed by atoms with Crippen molar-refractivity contribution >= 4 is 34.1 Å². The zero-order chi connectivity index (χ0) is 15.9. The number of nitriles is 1. The van der Waals surface area contributed by atoms with Crippen molar-refractivity contribution in [3.05, 3.63) is 68.8 Å². The van der Waals surface area contributed by atoms with E-state index in [2.05, 4.69) is 16.7 Å². The second kappa shape index (κ2) is 5.68. The first-order valence-electron chi connectivity index (χ1n) is 6.93. The summed E-state index contributed by atoms with van der Waals surface area (Å²) >= 11 is 12.5. The van der Waals surface area contributed by atoms with Gasteiger partial charge < -0.3 is 4.57 Å². The molecular formula is C18H14Cl2N2. The molecule has 1 heterocycles. The fourth-order valence-electron chi connectivity index (χ4n) is 2.78. The summed E-state index contributed by atoms with van der Waals surface area (Å²) in [7, 11) is 2.00. The summed E-state index contributed by atoms with van der Waals surface area (Å²) in [6, 6.07) is 13.7. The van der Waals surface area contributed by atoms with E-state index >= 15 is 0 Å². The monoisotopic (exact) mass is 328 g/mol. The van der Waals surface area contributed by atoms with Crippen molar-refractivity contribution < 1.29 is 0 Å². The number of aryl methyl sites for hydroxylation is 2. The average Bonchev–Trinajstić information content (AvgIpc) is 2.80. The third-order valence-electron chi connectivity index (χ3n) is 4.02. The second-order valence-corrected chi connectivity index (χ2v) is 6.22. The summed E-state index contributed by atoms with van der Waals surface area (Å²) < 4.78 is 2.10. The van der Waals surface area contributed by atoms with E-state index in [1.54, 1.807) is 0 Å². The Hall–Kier alpha value is -1.95. The molecule has 0 atom stereocenters. The fourth-order valence-corrected chi connectivity index (χ4v) is 3.31. The molecule has 3 aromatic rings. The Balaban J connectivity index is 2.15. The summed E-state index contributed by atoms with van der Waals surface area (Å²) in [4.78, 5) is 0. The SMILES string of the molecule is Cc1cc(C#N)cc2c1cc(Cc1c(Cl)cccc1Cl)n2C. The maximum atomic E-state index is 9.13. The molecule has 0 spiro atoms. The topological polar surface area (TPSA) is 28.7 Å². The minimum absolute atomic E-state index is 0.658. The molecule has 0 saturated heterocycles. The van der Waals surface area contributed by atoms with E-state index in [1.165, 1.54) is 0 Å². The number of aromatic nitrogens is 1. The van der Waals surface area contributed by atoms with Gasteiger partial charge in [0.2, 0.25) is 0 Å². The van der Waals surface area contributed by atoms with Crippen LogP contribution in [0.1, 0.15) is 22.4 Å². The average molecular weight is 329 g/mol. The van der Waals surface area contributed by atoms with Gasteiger partial charge in [0.05, 0.1) is 11.6 Å². The molecule has 4 heteroatoms. The second-order valence-electron chi connectivity index (χ2n) is 5.41. The van der Waals surface area contributed by atoms with Crippen LogP contribution in [0.5, 0.6) is 0 Å². The molecule has 0 radical (unpaired) electrons. The molecule has 0 N–H and O–H groups in total. The van der Waals surface area contributed by atoms with Gasteiger partial charge in [-0.25, -0.2) is 0 Å². The highest BCUT2D eigenvalue weighted by molar-refractivity contribution is 6.36. The summed E-state index contributed by atoms with van der Waals surface area (Å²) in [5, 5.41) is 11.6. The molecule has 0 amide bonds. The Bertz CT molecular complexity index is 897. The molecule has 2 nitrogen and oxygen atoms in total. The largest absolute Gasteiger partial charge is 0.347 e. The van der Waals surface area contributed by atoms with Gasteiger partial charge in [0, 0.05) is 40.1 Å². The minimum atomic E-state index is 0.658. The summed E-state index contributed by atoms with van der Waals surface area (Å²) in [5.41, 5.74) is 4.86. The van der Waals surface area contributed by atoms with Gasteiger partial charge >= 0.3 is 0 Å². The summed E-state index contributed by atoms with van der Waals surface area (Å²) in [5.74, 6) is 0. The molecule has 110 valence electrons. The van der Waals surface area contributed by atoms with Gasteiger partial charge in [-0.3, -0.25) is 0 Å². The molecular weight excluding hydrogens is 315 g/mol. The van der Waals surface area contributed by atoms with Crippen LogP contribution < -0.4 is 0 Å². The van der Waals surface area contributed by atoms with Crippen LogP contribution in [0.15, 0.2) is 36.4 Å². The molecule has 0 fully saturated rings. The zero-order valence-corrected chi connectivity index (χ0v) is 13.8. The van der Waals surface area contributed by atoms with Gasteiger partial charge in [0.15, 0.2) is 0 Å². The number of hydrogen-bond acceptors (Lipinski definition) is 1. The highest BCUT2D eigenvalue weighted by atomic mass is 35.5. The van der Waals surface area contributed by atoms with Gasteiger partial charge in [-0.2, -0.15) is 5.26 Å². The van der Waals surface area contributed by atoms with Gasteiger partial charge in [0.25, 0.3) is 0 Å². The van der Waals surface area contributed by atoms with E-state index in [-0.39, 0.29) is 0 Å². The van der Waals surface area contributed by atoms with Crippen LogP contribution in [0, 0.1) is 18.3 Å². The third-order valence-corrected chi connectivity index (χ3v) is 4.73. The van der Waals surface area contributed by atoms with Crippen LogP contribution in [0.3, 0.4) is 0 Å². The number of fused-ring (bicyclic) bond motifs is 1. The third kappa shape index (κ3) is 2.47. The van der Waals surface area contributed by atoms with Crippen LogP contribution >= 0.6 is 23.2 Å². The predicted octanol–water partition coefficient (Wildman–Crippen LogP) is 5.26. The van der Waals surface area contributed by atoms with Crippen LogP contribution in [0.2, 0.25) is 10.0 Å². The first-order valence-corrected chi connectivity index (χ1v) is 7.69. The standard InChI is InChI=1S/C18H14Cl2N2/c1-11-6-12(10-21)7-18-14(11)8-13(22(18)2)9-15-16(19)4-3-5-17(15)20/h3-8H,9H2,1-2H3. The molecule has 0 saturated carbocycles. The maximum Gasteiger partial charge on any atom is 0.0992 e. The number of nitrogens with zero attached hydrogens (tertiary/aromatic N) is 2. The number of benzene rings is 2. The Kier molecular flexibility index (Phi) is 3.87. The smallest absolute Gasteiger partial charge is 0.0992 e.